The van der Waals surface area contributed by atoms with Gasteiger partial charge in [-0.15, -0.1) is 0 Å². The van der Waals surface area contributed by atoms with E-state index in [0.29, 0.717) is 6.42 Å². The van der Waals surface area contributed by atoms with Crippen LogP contribution in [0.3, 0.4) is 0 Å². The first-order valence-electron chi connectivity index (χ1n) is 5.85. The lowest BCUT2D eigenvalue weighted by Gasteiger charge is -2.32. The molecule has 0 aromatic heterocycles. The highest BCUT2D eigenvalue weighted by molar-refractivity contribution is 7.89. The molecule has 0 bridgehead atoms. The SMILES string of the molecule is NC1CC(NS(=O)(=O)CCc2ccccc2)C1. The molecule has 1 saturated carbocycles. The van der Waals surface area contributed by atoms with E-state index in [1.54, 1.807) is 0 Å². The van der Waals surface area contributed by atoms with Crippen LogP contribution in [0.4, 0.5) is 0 Å². The van der Waals surface area contributed by atoms with Crippen molar-refractivity contribution in [3.8, 4) is 0 Å². The maximum absolute atomic E-state index is 11.8. The number of benzene rings is 1. The molecule has 0 heterocycles. The zero-order valence-corrected chi connectivity index (χ0v) is 10.5. The van der Waals surface area contributed by atoms with E-state index in [2.05, 4.69) is 4.72 Å². The molecule has 2 rings (SSSR count). The molecule has 0 atom stereocenters. The van der Waals surface area contributed by atoms with E-state index in [1.165, 1.54) is 0 Å². The molecule has 1 aliphatic rings. The van der Waals surface area contributed by atoms with Gasteiger partial charge in [0.05, 0.1) is 5.75 Å². The van der Waals surface area contributed by atoms with Crippen LogP contribution in [0, 0.1) is 0 Å². The van der Waals surface area contributed by atoms with E-state index in [1.807, 2.05) is 30.3 Å². The van der Waals surface area contributed by atoms with Gasteiger partial charge >= 0.3 is 0 Å². The third kappa shape index (κ3) is 3.80. The quantitative estimate of drug-likeness (QED) is 0.810. The number of aryl methyl sites for hydroxylation is 1. The molecule has 1 aromatic rings. The van der Waals surface area contributed by atoms with Crippen molar-refractivity contribution in [3.63, 3.8) is 0 Å². The Bertz CT molecular complexity index is 453. The highest BCUT2D eigenvalue weighted by Gasteiger charge is 2.29. The average molecular weight is 254 g/mol. The van der Waals surface area contributed by atoms with Crippen LogP contribution in [0.25, 0.3) is 0 Å². The standard InChI is InChI=1S/C12H18N2O2S/c13-11-8-12(9-11)14-17(15,16)7-6-10-4-2-1-3-5-10/h1-5,11-12,14H,6-9,13H2. The molecule has 0 saturated heterocycles. The molecule has 0 spiro atoms. The predicted molar refractivity (Wildman–Crippen MR) is 68.1 cm³/mol. The summed E-state index contributed by atoms with van der Waals surface area (Å²) in [4.78, 5) is 0. The summed E-state index contributed by atoms with van der Waals surface area (Å²) in [6, 6.07) is 9.85. The Balaban J connectivity index is 1.81. The minimum absolute atomic E-state index is 0.0470. The van der Waals surface area contributed by atoms with Crippen LogP contribution < -0.4 is 10.5 Å². The first kappa shape index (κ1) is 12.5. The molecule has 5 heteroatoms. The second kappa shape index (κ2) is 5.16. The van der Waals surface area contributed by atoms with Crippen molar-refractivity contribution >= 4 is 10.0 Å². The fraction of sp³-hybridized carbons (Fsp3) is 0.500. The summed E-state index contributed by atoms with van der Waals surface area (Å²) in [6.45, 7) is 0. The summed E-state index contributed by atoms with van der Waals surface area (Å²) >= 11 is 0. The fourth-order valence-electron chi connectivity index (χ4n) is 1.97. The van der Waals surface area contributed by atoms with Gasteiger partial charge in [0.25, 0.3) is 0 Å². The normalized spacial score (nSPS) is 24.3. The Morgan fingerprint density at radius 2 is 1.88 bits per heavy atom. The fourth-order valence-corrected chi connectivity index (χ4v) is 3.29. The summed E-state index contributed by atoms with van der Waals surface area (Å²) in [7, 11) is -3.17. The molecule has 3 N–H and O–H groups in total. The van der Waals surface area contributed by atoms with Gasteiger partial charge in [-0.25, -0.2) is 13.1 Å². The van der Waals surface area contributed by atoms with Gasteiger partial charge in [0.1, 0.15) is 0 Å². The molecule has 0 unspecified atom stereocenters. The van der Waals surface area contributed by atoms with Gasteiger partial charge in [-0.05, 0) is 24.8 Å². The van der Waals surface area contributed by atoms with Gasteiger partial charge < -0.3 is 5.73 Å². The zero-order valence-electron chi connectivity index (χ0n) is 9.67. The first-order chi connectivity index (χ1) is 8.05. The summed E-state index contributed by atoms with van der Waals surface area (Å²) < 4.78 is 26.2. The molecular weight excluding hydrogens is 236 g/mol. The molecule has 0 radical (unpaired) electrons. The summed E-state index contributed by atoms with van der Waals surface area (Å²) in [5.74, 6) is 0.142. The largest absolute Gasteiger partial charge is 0.328 e. The monoisotopic (exact) mass is 254 g/mol. The zero-order chi connectivity index (χ0) is 12.3. The van der Waals surface area contributed by atoms with Crippen LogP contribution in [0.15, 0.2) is 30.3 Å². The number of nitrogens with one attached hydrogen (secondary N) is 1. The van der Waals surface area contributed by atoms with Gasteiger partial charge in [0, 0.05) is 12.1 Å². The third-order valence-electron chi connectivity index (χ3n) is 3.02. The van der Waals surface area contributed by atoms with E-state index in [-0.39, 0.29) is 17.8 Å². The number of hydrogen-bond donors (Lipinski definition) is 2. The van der Waals surface area contributed by atoms with Crippen LogP contribution in [0.2, 0.25) is 0 Å². The third-order valence-corrected chi connectivity index (χ3v) is 4.46. The molecule has 4 nitrogen and oxygen atoms in total. The van der Waals surface area contributed by atoms with Crippen molar-refractivity contribution in [2.24, 2.45) is 5.73 Å². The van der Waals surface area contributed by atoms with E-state index in [0.717, 1.165) is 18.4 Å². The lowest BCUT2D eigenvalue weighted by Crippen LogP contribution is -2.50. The second-order valence-electron chi connectivity index (χ2n) is 4.60. The van der Waals surface area contributed by atoms with Crippen molar-refractivity contribution in [1.82, 2.24) is 4.72 Å². The Morgan fingerprint density at radius 3 is 2.47 bits per heavy atom. The van der Waals surface area contributed by atoms with Gasteiger partial charge in [-0.2, -0.15) is 0 Å². The second-order valence-corrected chi connectivity index (χ2v) is 6.47. The lowest BCUT2D eigenvalue weighted by molar-refractivity contribution is 0.327. The summed E-state index contributed by atoms with van der Waals surface area (Å²) in [5, 5.41) is 0. The smallest absolute Gasteiger partial charge is 0.212 e. The van der Waals surface area contributed by atoms with E-state index < -0.39 is 10.0 Å². The molecule has 1 fully saturated rings. The predicted octanol–water partition coefficient (Wildman–Crippen LogP) is 0.638. The highest BCUT2D eigenvalue weighted by atomic mass is 32.2. The number of rotatable bonds is 5. The maximum atomic E-state index is 11.8. The Morgan fingerprint density at radius 1 is 1.24 bits per heavy atom. The summed E-state index contributed by atoms with van der Waals surface area (Å²) in [6.07, 6.45) is 2.06. The van der Waals surface area contributed by atoms with Gasteiger partial charge in [-0.3, -0.25) is 0 Å². The Labute approximate surface area is 102 Å². The van der Waals surface area contributed by atoms with Crippen LogP contribution in [0.5, 0.6) is 0 Å². The molecule has 0 amide bonds. The first-order valence-corrected chi connectivity index (χ1v) is 7.50. The van der Waals surface area contributed by atoms with E-state index in [9.17, 15) is 8.42 Å². The molecule has 0 aliphatic heterocycles. The van der Waals surface area contributed by atoms with Crippen LogP contribution in [-0.2, 0) is 16.4 Å². The maximum Gasteiger partial charge on any atom is 0.212 e. The summed E-state index contributed by atoms with van der Waals surface area (Å²) in [5.41, 5.74) is 6.66. The van der Waals surface area contributed by atoms with Crippen molar-refractivity contribution in [1.29, 1.82) is 0 Å². The minimum Gasteiger partial charge on any atom is -0.328 e. The molecular formula is C12H18N2O2S. The Hall–Kier alpha value is -0.910. The van der Waals surface area contributed by atoms with E-state index in [4.69, 9.17) is 5.73 Å². The molecule has 1 aliphatic carbocycles. The number of hydrogen-bond acceptors (Lipinski definition) is 3. The topological polar surface area (TPSA) is 72.2 Å². The van der Waals surface area contributed by atoms with Gasteiger partial charge in [-0.1, -0.05) is 30.3 Å². The van der Waals surface area contributed by atoms with E-state index >= 15 is 0 Å². The number of nitrogens with two attached hydrogens (primary N) is 1. The highest BCUT2D eigenvalue weighted by Crippen LogP contribution is 2.18. The number of sulfonamides is 1. The minimum atomic E-state index is -3.17. The average Bonchev–Trinajstić information content (AvgIpc) is 2.26. The lowest BCUT2D eigenvalue weighted by atomic mass is 9.89. The van der Waals surface area contributed by atoms with Crippen LogP contribution >= 0.6 is 0 Å². The van der Waals surface area contributed by atoms with Crippen molar-refractivity contribution < 1.29 is 8.42 Å². The van der Waals surface area contributed by atoms with Gasteiger partial charge in [0.2, 0.25) is 10.0 Å². The molecule has 17 heavy (non-hydrogen) atoms. The van der Waals surface area contributed by atoms with Crippen LogP contribution in [0.1, 0.15) is 18.4 Å². The van der Waals surface area contributed by atoms with Crippen molar-refractivity contribution in [2.75, 3.05) is 5.75 Å². The molecule has 94 valence electrons. The van der Waals surface area contributed by atoms with Crippen LogP contribution in [-0.4, -0.2) is 26.3 Å². The van der Waals surface area contributed by atoms with Crippen molar-refractivity contribution in [2.45, 2.75) is 31.3 Å². The van der Waals surface area contributed by atoms with Crippen molar-refractivity contribution in [3.05, 3.63) is 35.9 Å². The Kier molecular flexibility index (Phi) is 3.81. The molecule has 1 aromatic carbocycles. The van der Waals surface area contributed by atoms with Gasteiger partial charge in [0.15, 0.2) is 0 Å².